The van der Waals surface area contributed by atoms with Gasteiger partial charge in [0.2, 0.25) is 0 Å². The molecule has 0 spiro atoms. The van der Waals surface area contributed by atoms with Crippen LogP contribution < -0.4 is 5.32 Å². The Bertz CT molecular complexity index is 780. The van der Waals surface area contributed by atoms with E-state index >= 15 is 0 Å². The van der Waals surface area contributed by atoms with Gasteiger partial charge in [-0.05, 0) is 41.7 Å². The van der Waals surface area contributed by atoms with E-state index in [2.05, 4.69) is 24.1 Å². The maximum absolute atomic E-state index is 13.0. The van der Waals surface area contributed by atoms with Crippen molar-refractivity contribution in [1.82, 2.24) is 10.3 Å². The van der Waals surface area contributed by atoms with E-state index in [9.17, 15) is 13.2 Å². The van der Waals surface area contributed by atoms with E-state index in [4.69, 9.17) is 0 Å². The van der Waals surface area contributed by atoms with Gasteiger partial charge in [-0.1, -0.05) is 33.8 Å². The van der Waals surface area contributed by atoms with Crippen molar-refractivity contribution in [3.63, 3.8) is 0 Å². The first kappa shape index (κ1) is 18.5. The lowest BCUT2D eigenvalue weighted by Gasteiger charge is -2.24. The summed E-state index contributed by atoms with van der Waals surface area (Å²) in [5, 5.41) is 3.39. The Labute approximate surface area is 150 Å². The highest BCUT2D eigenvalue weighted by Crippen LogP contribution is 2.43. The van der Waals surface area contributed by atoms with E-state index in [1.165, 1.54) is 0 Å². The van der Waals surface area contributed by atoms with Gasteiger partial charge in [0, 0.05) is 19.0 Å². The molecule has 2 aliphatic rings. The second-order valence-corrected chi connectivity index (χ2v) is 10.5. The average Bonchev–Trinajstić information content (AvgIpc) is 3.28. The van der Waals surface area contributed by atoms with Crippen LogP contribution in [0.25, 0.3) is 0 Å². The minimum atomic E-state index is -3.48. The second kappa shape index (κ2) is 6.47. The number of aromatic nitrogens is 1. The van der Waals surface area contributed by atoms with E-state index in [0.717, 1.165) is 24.9 Å². The molecule has 1 saturated carbocycles. The third kappa shape index (κ3) is 3.80. The van der Waals surface area contributed by atoms with Crippen molar-refractivity contribution in [2.24, 2.45) is 17.3 Å². The lowest BCUT2D eigenvalue weighted by atomic mass is 9.78. The Balaban J connectivity index is 2.00. The summed E-state index contributed by atoms with van der Waals surface area (Å²) in [6.07, 6.45) is 2.00. The molecule has 6 heteroatoms. The number of hydrogen-bond acceptors (Lipinski definition) is 5. The van der Waals surface area contributed by atoms with E-state index in [0.29, 0.717) is 6.54 Å². The van der Waals surface area contributed by atoms with Gasteiger partial charge >= 0.3 is 0 Å². The van der Waals surface area contributed by atoms with Gasteiger partial charge in [-0.3, -0.25) is 4.79 Å². The van der Waals surface area contributed by atoms with Gasteiger partial charge in [-0.2, -0.15) is 0 Å². The molecule has 0 aromatic carbocycles. The minimum Gasteiger partial charge on any atom is -0.315 e. The van der Waals surface area contributed by atoms with Crippen LogP contribution in [-0.4, -0.2) is 38.0 Å². The Morgan fingerprint density at radius 1 is 1.32 bits per heavy atom. The zero-order valence-electron chi connectivity index (χ0n) is 15.5. The lowest BCUT2D eigenvalue weighted by Crippen LogP contribution is -2.30. The van der Waals surface area contributed by atoms with Crippen LogP contribution in [0.1, 0.15) is 62.5 Å². The Kier molecular flexibility index (Phi) is 4.79. The van der Waals surface area contributed by atoms with Gasteiger partial charge in [0.25, 0.3) is 0 Å². The molecule has 2 heterocycles. The van der Waals surface area contributed by atoms with E-state index < -0.39 is 9.84 Å². The summed E-state index contributed by atoms with van der Waals surface area (Å²) in [4.78, 5) is 17.4. The largest absolute Gasteiger partial charge is 0.315 e. The summed E-state index contributed by atoms with van der Waals surface area (Å²) < 4.78 is 25.7. The van der Waals surface area contributed by atoms with Gasteiger partial charge in [-0.25, -0.2) is 13.4 Å². The zero-order chi connectivity index (χ0) is 18.4. The molecule has 5 nitrogen and oxygen atoms in total. The van der Waals surface area contributed by atoms with Crippen LogP contribution in [0.3, 0.4) is 0 Å². The molecule has 0 radical (unpaired) electrons. The Morgan fingerprint density at radius 3 is 2.52 bits per heavy atom. The van der Waals surface area contributed by atoms with Crippen LogP contribution in [0.2, 0.25) is 0 Å². The number of rotatable bonds is 6. The molecule has 1 aromatic heterocycles. The van der Waals surface area contributed by atoms with E-state index in [1.54, 1.807) is 6.07 Å². The summed E-state index contributed by atoms with van der Waals surface area (Å²) in [7, 11) is -3.48. The zero-order valence-corrected chi connectivity index (χ0v) is 16.3. The number of Topliss-reactive ketones (excluding diaryl/α,β-unsaturated/α-hetero) is 1. The van der Waals surface area contributed by atoms with Crippen molar-refractivity contribution in [1.29, 1.82) is 0 Å². The molecule has 1 saturated heterocycles. The number of carbonyl (C=O) groups excluding carboxylic acids is 1. The van der Waals surface area contributed by atoms with Gasteiger partial charge in [-0.15, -0.1) is 0 Å². The van der Waals surface area contributed by atoms with E-state index in [-0.39, 0.29) is 45.4 Å². The normalized spacial score (nSPS) is 23.2. The predicted octanol–water partition coefficient (Wildman–Crippen LogP) is 2.82. The fourth-order valence-electron chi connectivity index (χ4n) is 3.62. The Hall–Kier alpha value is -1.27. The second-order valence-electron chi connectivity index (χ2n) is 8.58. The molecule has 2 fully saturated rings. The van der Waals surface area contributed by atoms with Crippen LogP contribution >= 0.6 is 0 Å². The van der Waals surface area contributed by atoms with Gasteiger partial charge in [0.1, 0.15) is 5.69 Å². The molecule has 1 aliphatic heterocycles. The first-order valence-corrected chi connectivity index (χ1v) is 10.8. The summed E-state index contributed by atoms with van der Waals surface area (Å²) in [5.41, 5.74) is 0.930. The topological polar surface area (TPSA) is 76.1 Å². The van der Waals surface area contributed by atoms with Crippen molar-refractivity contribution in [3.8, 4) is 0 Å². The molecule has 25 heavy (non-hydrogen) atoms. The smallest absolute Gasteiger partial charge is 0.196 e. The molecule has 3 rings (SSSR count). The molecule has 1 atom stereocenters. The third-order valence-electron chi connectivity index (χ3n) is 5.20. The summed E-state index contributed by atoms with van der Waals surface area (Å²) in [6.45, 7) is 9.29. The van der Waals surface area contributed by atoms with Crippen molar-refractivity contribution >= 4 is 15.6 Å². The summed E-state index contributed by atoms with van der Waals surface area (Å²) in [6, 6.07) is 3.54. The van der Waals surface area contributed by atoms with Crippen molar-refractivity contribution in [2.75, 3.05) is 18.8 Å². The van der Waals surface area contributed by atoms with Crippen LogP contribution in [0.5, 0.6) is 0 Å². The van der Waals surface area contributed by atoms with Crippen LogP contribution in [0.15, 0.2) is 17.2 Å². The highest BCUT2D eigenvalue weighted by atomic mass is 32.2. The number of carbonyl (C=O) groups is 1. The average molecular weight is 365 g/mol. The van der Waals surface area contributed by atoms with Crippen molar-refractivity contribution in [3.05, 3.63) is 23.4 Å². The minimum absolute atomic E-state index is 0.0242. The summed E-state index contributed by atoms with van der Waals surface area (Å²) in [5.74, 6) is 0.133. The van der Waals surface area contributed by atoms with Crippen LogP contribution in [0.4, 0.5) is 0 Å². The van der Waals surface area contributed by atoms with Gasteiger partial charge in [0.15, 0.2) is 20.6 Å². The number of hydrogen-bond donors (Lipinski definition) is 1. The van der Waals surface area contributed by atoms with Gasteiger partial charge < -0.3 is 5.32 Å². The first-order valence-electron chi connectivity index (χ1n) is 9.10. The molecule has 1 aliphatic carbocycles. The molecular formula is C19H28N2O3S. The highest BCUT2D eigenvalue weighted by Gasteiger charge is 2.41. The third-order valence-corrected chi connectivity index (χ3v) is 7.22. The van der Waals surface area contributed by atoms with Crippen molar-refractivity contribution in [2.45, 2.75) is 51.5 Å². The van der Waals surface area contributed by atoms with Crippen molar-refractivity contribution < 1.29 is 13.2 Å². The van der Waals surface area contributed by atoms with E-state index in [1.807, 2.05) is 19.9 Å². The number of pyridine rings is 1. The molecular weight excluding hydrogens is 336 g/mol. The number of ketones is 1. The molecule has 0 amide bonds. The molecule has 1 aromatic rings. The predicted molar refractivity (Wildman–Crippen MR) is 97.6 cm³/mol. The standard InChI is InChI=1S/C19H28N2O3S/c1-12(2)10-25(23,24)18-14(13-5-6-13)7-8-16(21-18)17(22)15-9-20-11-19(15,3)4/h7-8,12-13,15,20H,5-6,9-11H2,1-4H3. The lowest BCUT2D eigenvalue weighted by molar-refractivity contribution is 0.0853. The fraction of sp³-hybridized carbons (Fsp3) is 0.684. The number of nitrogens with one attached hydrogen (secondary N) is 1. The van der Waals surface area contributed by atoms with Crippen LogP contribution in [-0.2, 0) is 9.84 Å². The fourth-order valence-corrected chi connectivity index (χ4v) is 5.49. The Morgan fingerprint density at radius 2 is 2.00 bits per heavy atom. The summed E-state index contributed by atoms with van der Waals surface area (Å²) >= 11 is 0. The van der Waals surface area contributed by atoms with Crippen LogP contribution in [0, 0.1) is 17.3 Å². The molecule has 138 valence electrons. The SMILES string of the molecule is CC(C)CS(=O)(=O)c1nc(C(=O)C2CNCC2(C)C)ccc1C1CC1. The number of nitrogens with zero attached hydrogens (tertiary/aromatic N) is 1. The molecule has 0 bridgehead atoms. The first-order chi connectivity index (χ1) is 11.6. The maximum Gasteiger partial charge on any atom is 0.196 e. The quantitative estimate of drug-likeness (QED) is 0.786. The highest BCUT2D eigenvalue weighted by molar-refractivity contribution is 7.91. The van der Waals surface area contributed by atoms with Gasteiger partial charge in [0.05, 0.1) is 5.75 Å². The monoisotopic (exact) mass is 364 g/mol. The maximum atomic E-state index is 13.0. The molecule has 1 unspecified atom stereocenters. The number of sulfone groups is 1. The molecule has 1 N–H and O–H groups in total.